The summed E-state index contributed by atoms with van der Waals surface area (Å²) in [6, 6.07) is 0.461. The van der Waals surface area contributed by atoms with Crippen molar-refractivity contribution >= 4 is 12.4 Å². The number of ether oxygens (including phenoxy) is 1. The molecule has 2 nitrogen and oxygen atoms in total. The number of nitrogens with two attached hydrogens (primary N) is 1. The van der Waals surface area contributed by atoms with Crippen LogP contribution < -0.4 is 5.73 Å². The van der Waals surface area contributed by atoms with Crippen LogP contribution >= 0.6 is 12.4 Å². The molecular formula is C6H12ClNO. The minimum atomic E-state index is 0. The number of halogens is 1. The van der Waals surface area contributed by atoms with Crippen molar-refractivity contribution in [3.8, 4) is 0 Å². The van der Waals surface area contributed by atoms with Crippen LogP contribution in [-0.2, 0) is 4.74 Å². The molecule has 2 fully saturated rings. The van der Waals surface area contributed by atoms with E-state index in [0.29, 0.717) is 12.1 Å². The van der Waals surface area contributed by atoms with Crippen LogP contribution in [0.15, 0.2) is 0 Å². The van der Waals surface area contributed by atoms with Gasteiger partial charge in [0.2, 0.25) is 0 Å². The summed E-state index contributed by atoms with van der Waals surface area (Å²) in [5.74, 6) is 0.718. The summed E-state index contributed by atoms with van der Waals surface area (Å²) in [5.41, 5.74) is 5.68. The van der Waals surface area contributed by atoms with Gasteiger partial charge in [-0.1, -0.05) is 0 Å². The summed E-state index contributed by atoms with van der Waals surface area (Å²) in [4.78, 5) is 0. The lowest BCUT2D eigenvalue weighted by molar-refractivity contribution is 0.0191. The van der Waals surface area contributed by atoms with Crippen LogP contribution in [0.25, 0.3) is 0 Å². The molecule has 0 aromatic carbocycles. The fraction of sp³-hybridized carbons (Fsp3) is 1.00. The first-order valence-electron chi connectivity index (χ1n) is 3.25. The van der Waals surface area contributed by atoms with E-state index < -0.39 is 0 Å². The molecule has 0 radical (unpaired) electrons. The van der Waals surface area contributed by atoms with Crippen LogP contribution in [0.1, 0.15) is 12.8 Å². The van der Waals surface area contributed by atoms with E-state index in [1.165, 1.54) is 6.42 Å². The molecule has 54 valence electrons. The summed E-state index contributed by atoms with van der Waals surface area (Å²) in [7, 11) is 0. The fourth-order valence-corrected chi connectivity index (χ4v) is 1.64. The SMILES string of the molecule is Cl.N[C@@H]1C[C@@H]2OCC[C@H]12. The number of hydrogen-bond acceptors (Lipinski definition) is 2. The molecule has 0 unspecified atom stereocenters. The Morgan fingerprint density at radius 1 is 1.44 bits per heavy atom. The van der Waals surface area contributed by atoms with Crippen molar-refractivity contribution in [2.75, 3.05) is 6.61 Å². The van der Waals surface area contributed by atoms with Crippen LogP contribution in [0, 0.1) is 5.92 Å². The standard InChI is InChI=1S/C6H11NO.ClH/c7-5-3-6-4(5)1-2-8-6;/h4-6H,1-3,7H2;1H/t4-,5-,6+;/m1./s1. The van der Waals surface area contributed by atoms with Gasteiger partial charge in [0.15, 0.2) is 0 Å². The molecular weight excluding hydrogens is 138 g/mol. The van der Waals surface area contributed by atoms with Gasteiger partial charge in [-0.2, -0.15) is 0 Å². The van der Waals surface area contributed by atoms with E-state index in [1.54, 1.807) is 0 Å². The molecule has 1 heterocycles. The lowest BCUT2D eigenvalue weighted by Gasteiger charge is -2.35. The molecule has 3 atom stereocenters. The molecule has 0 aromatic rings. The molecule has 3 heteroatoms. The van der Waals surface area contributed by atoms with E-state index in [0.717, 1.165) is 18.9 Å². The molecule has 2 N–H and O–H groups in total. The number of hydrogen-bond donors (Lipinski definition) is 1. The van der Waals surface area contributed by atoms with Crippen LogP contribution in [-0.4, -0.2) is 18.8 Å². The van der Waals surface area contributed by atoms with E-state index in [2.05, 4.69) is 0 Å². The van der Waals surface area contributed by atoms with Crippen molar-refractivity contribution in [3.63, 3.8) is 0 Å². The van der Waals surface area contributed by atoms with E-state index in [-0.39, 0.29) is 12.4 Å². The largest absolute Gasteiger partial charge is 0.378 e. The second kappa shape index (κ2) is 2.45. The van der Waals surface area contributed by atoms with Gasteiger partial charge in [0.05, 0.1) is 6.10 Å². The van der Waals surface area contributed by atoms with E-state index >= 15 is 0 Å². The van der Waals surface area contributed by atoms with Gasteiger partial charge in [-0.25, -0.2) is 0 Å². The zero-order valence-corrected chi connectivity index (χ0v) is 6.06. The summed E-state index contributed by atoms with van der Waals surface area (Å²) in [6.07, 6.45) is 2.85. The molecule has 9 heavy (non-hydrogen) atoms. The Labute approximate surface area is 61.2 Å². The number of rotatable bonds is 0. The highest BCUT2D eigenvalue weighted by molar-refractivity contribution is 5.85. The lowest BCUT2D eigenvalue weighted by atomic mass is 9.77. The van der Waals surface area contributed by atoms with Crippen molar-refractivity contribution in [1.82, 2.24) is 0 Å². The third-order valence-electron chi connectivity index (χ3n) is 2.32. The second-order valence-electron chi connectivity index (χ2n) is 2.76. The molecule has 1 saturated heterocycles. The fourth-order valence-electron chi connectivity index (χ4n) is 1.64. The Morgan fingerprint density at radius 3 is 2.67 bits per heavy atom. The summed E-state index contributed by atoms with van der Waals surface area (Å²) in [5, 5.41) is 0. The van der Waals surface area contributed by atoms with Gasteiger partial charge in [0.1, 0.15) is 0 Å². The molecule has 1 saturated carbocycles. The number of fused-ring (bicyclic) bond motifs is 1. The Bertz CT molecular complexity index is 109. The van der Waals surface area contributed by atoms with Gasteiger partial charge >= 0.3 is 0 Å². The van der Waals surface area contributed by atoms with Crippen LogP contribution in [0.3, 0.4) is 0 Å². The van der Waals surface area contributed by atoms with Crippen LogP contribution in [0.5, 0.6) is 0 Å². The Morgan fingerprint density at radius 2 is 2.22 bits per heavy atom. The highest BCUT2D eigenvalue weighted by Gasteiger charge is 2.42. The van der Waals surface area contributed by atoms with Crippen molar-refractivity contribution in [3.05, 3.63) is 0 Å². The molecule has 2 rings (SSSR count). The second-order valence-corrected chi connectivity index (χ2v) is 2.76. The highest BCUT2D eigenvalue weighted by Crippen LogP contribution is 2.36. The van der Waals surface area contributed by atoms with Crippen molar-refractivity contribution < 1.29 is 4.74 Å². The molecule has 1 aliphatic heterocycles. The summed E-state index contributed by atoms with van der Waals surface area (Å²) in [6.45, 7) is 0.947. The molecule has 0 amide bonds. The van der Waals surface area contributed by atoms with Gasteiger partial charge in [0.25, 0.3) is 0 Å². The minimum Gasteiger partial charge on any atom is -0.378 e. The zero-order valence-electron chi connectivity index (χ0n) is 5.25. The molecule has 0 aromatic heterocycles. The van der Waals surface area contributed by atoms with E-state index in [4.69, 9.17) is 10.5 Å². The van der Waals surface area contributed by atoms with Gasteiger partial charge in [-0.05, 0) is 12.8 Å². The quantitative estimate of drug-likeness (QED) is 0.546. The predicted octanol–water partition coefficient (Wildman–Crippen LogP) is 0.544. The van der Waals surface area contributed by atoms with Gasteiger partial charge in [0, 0.05) is 18.6 Å². The maximum atomic E-state index is 5.68. The minimum absolute atomic E-state index is 0. The average Bonchev–Trinajstić information content (AvgIpc) is 2.09. The smallest absolute Gasteiger partial charge is 0.0633 e. The molecule has 0 bridgehead atoms. The van der Waals surface area contributed by atoms with Crippen molar-refractivity contribution in [1.29, 1.82) is 0 Å². The first-order valence-corrected chi connectivity index (χ1v) is 3.25. The topological polar surface area (TPSA) is 35.2 Å². The van der Waals surface area contributed by atoms with Crippen molar-refractivity contribution in [2.45, 2.75) is 25.0 Å². The summed E-state index contributed by atoms with van der Waals surface area (Å²) < 4.78 is 5.34. The molecule has 1 aliphatic carbocycles. The molecule has 2 aliphatic rings. The Kier molecular flexibility index (Phi) is 1.99. The highest BCUT2D eigenvalue weighted by atomic mass is 35.5. The van der Waals surface area contributed by atoms with E-state index in [1.807, 2.05) is 0 Å². The molecule has 0 spiro atoms. The van der Waals surface area contributed by atoms with Crippen LogP contribution in [0.4, 0.5) is 0 Å². The first-order chi connectivity index (χ1) is 3.88. The Balaban J connectivity index is 0.000000405. The van der Waals surface area contributed by atoms with Gasteiger partial charge in [-0.15, -0.1) is 12.4 Å². The maximum absolute atomic E-state index is 5.68. The lowest BCUT2D eigenvalue weighted by Crippen LogP contribution is -2.48. The zero-order chi connectivity index (χ0) is 5.56. The van der Waals surface area contributed by atoms with Crippen molar-refractivity contribution in [2.24, 2.45) is 11.7 Å². The maximum Gasteiger partial charge on any atom is 0.0633 e. The van der Waals surface area contributed by atoms with Crippen LogP contribution in [0.2, 0.25) is 0 Å². The van der Waals surface area contributed by atoms with Gasteiger partial charge < -0.3 is 10.5 Å². The third kappa shape index (κ3) is 0.955. The summed E-state index contributed by atoms with van der Waals surface area (Å²) >= 11 is 0. The first kappa shape index (κ1) is 7.32. The average molecular weight is 150 g/mol. The normalized spacial score (nSPS) is 47.0. The Hall–Kier alpha value is 0.210. The third-order valence-corrected chi connectivity index (χ3v) is 2.32. The van der Waals surface area contributed by atoms with E-state index in [9.17, 15) is 0 Å². The predicted molar refractivity (Wildman–Crippen MR) is 37.7 cm³/mol. The monoisotopic (exact) mass is 149 g/mol. The van der Waals surface area contributed by atoms with Gasteiger partial charge in [-0.3, -0.25) is 0 Å².